The molecule has 14 heteroatoms. The van der Waals surface area contributed by atoms with Crippen molar-refractivity contribution in [2.45, 2.75) is 143 Å². The Labute approximate surface area is 366 Å². The van der Waals surface area contributed by atoms with Gasteiger partial charge in [-0.1, -0.05) is 56.3 Å². The van der Waals surface area contributed by atoms with Crippen LogP contribution in [-0.4, -0.2) is 96.0 Å². The zero-order chi connectivity index (χ0) is 45.6. The van der Waals surface area contributed by atoms with Gasteiger partial charge in [-0.05, 0) is 117 Å². The van der Waals surface area contributed by atoms with E-state index in [2.05, 4.69) is 34.8 Å². The Morgan fingerprint density at radius 3 is 2.24 bits per heavy atom. The first kappa shape index (κ1) is 49.3. The number of allylic oxidation sites excluding steroid dienone is 4. The Morgan fingerprint density at radius 1 is 0.887 bits per heavy atom. The summed E-state index contributed by atoms with van der Waals surface area (Å²) >= 11 is 0. The second kappa shape index (κ2) is 23.2. The summed E-state index contributed by atoms with van der Waals surface area (Å²) in [7, 11) is 0. The topological polar surface area (TPSA) is 190 Å². The van der Waals surface area contributed by atoms with Crippen LogP contribution in [0.3, 0.4) is 0 Å². The van der Waals surface area contributed by atoms with Crippen molar-refractivity contribution in [2.24, 2.45) is 22.7 Å². The van der Waals surface area contributed by atoms with Crippen LogP contribution in [0.1, 0.15) is 119 Å². The first-order valence-corrected chi connectivity index (χ1v) is 22.1. The first-order valence-electron chi connectivity index (χ1n) is 22.1. The highest BCUT2D eigenvalue weighted by atomic mass is 16.6. The molecule has 3 N–H and O–H groups in total. The number of nitrogens with zero attached hydrogens (tertiary/aromatic N) is 2. The molecule has 2 unspecified atom stereocenters. The number of carbonyl (C=O) groups excluding carboxylic acids is 7. The molecule has 1 aromatic carbocycles. The normalized spacial score (nSPS) is 18.7. The van der Waals surface area contributed by atoms with Crippen LogP contribution >= 0.6 is 0 Å². The largest absolute Gasteiger partial charge is 0.450 e. The summed E-state index contributed by atoms with van der Waals surface area (Å²) in [6.07, 6.45) is 9.08. The minimum Gasteiger partial charge on any atom is -0.450 e. The zero-order valence-corrected chi connectivity index (χ0v) is 37.8. The van der Waals surface area contributed by atoms with Crippen molar-refractivity contribution < 1.29 is 43.0 Å². The van der Waals surface area contributed by atoms with Gasteiger partial charge in [0.1, 0.15) is 11.6 Å². The molecule has 0 radical (unpaired) electrons. The van der Waals surface area contributed by atoms with Crippen LogP contribution in [0.2, 0.25) is 0 Å². The van der Waals surface area contributed by atoms with Crippen molar-refractivity contribution >= 4 is 47.7 Å². The fourth-order valence-corrected chi connectivity index (χ4v) is 7.52. The predicted octanol–water partition coefficient (Wildman–Crippen LogP) is 6.92. The van der Waals surface area contributed by atoms with E-state index in [1.807, 2.05) is 42.5 Å². The van der Waals surface area contributed by atoms with Gasteiger partial charge in [0, 0.05) is 47.6 Å². The van der Waals surface area contributed by atoms with Crippen LogP contribution < -0.4 is 16.0 Å². The average molecular weight is 858 g/mol. The third-order valence-electron chi connectivity index (χ3n) is 11.2. The fraction of sp³-hybridized carbons (Fsp3) is 0.583. The molecule has 62 heavy (non-hydrogen) atoms. The van der Waals surface area contributed by atoms with E-state index in [4.69, 9.17) is 9.47 Å². The number of rotatable bonds is 20. The van der Waals surface area contributed by atoms with Crippen molar-refractivity contribution in [1.82, 2.24) is 20.9 Å². The lowest BCUT2D eigenvalue weighted by Crippen LogP contribution is -2.43. The van der Waals surface area contributed by atoms with E-state index in [1.165, 1.54) is 6.21 Å². The number of likely N-dealkylation sites (tertiary alicyclic amines) is 1. The van der Waals surface area contributed by atoms with Gasteiger partial charge in [0.05, 0.1) is 24.5 Å². The molecule has 0 aromatic heterocycles. The minimum atomic E-state index is -0.790. The maximum absolute atomic E-state index is 14.3. The molecule has 2 aliphatic carbocycles. The number of Topliss-reactive ketones (excluding diaryl/α,β-unsaturated/α-hetero) is 2. The highest BCUT2D eigenvalue weighted by molar-refractivity contribution is 6.24. The molecule has 3 aliphatic rings. The molecule has 0 spiro atoms. The number of hydrogen-bond acceptors (Lipinski definition) is 9. The number of ketones is 2. The maximum Gasteiger partial charge on any atom is 0.408 e. The lowest BCUT2D eigenvalue weighted by Gasteiger charge is -2.27. The molecular formula is C48H67N5O9. The molecule has 4 atom stereocenters. The summed E-state index contributed by atoms with van der Waals surface area (Å²) in [5, 5.41) is 8.60. The molecule has 2 fully saturated rings. The molecule has 1 aromatic rings. The van der Waals surface area contributed by atoms with Gasteiger partial charge in [-0.2, -0.15) is 0 Å². The Hall–Kier alpha value is -5.40. The molecule has 1 heterocycles. The van der Waals surface area contributed by atoms with Gasteiger partial charge >= 0.3 is 12.2 Å². The molecule has 5 amide bonds. The summed E-state index contributed by atoms with van der Waals surface area (Å²) < 4.78 is 10.8. The number of hydrogen-bond donors (Lipinski definition) is 3. The fourth-order valence-electron chi connectivity index (χ4n) is 7.52. The van der Waals surface area contributed by atoms with Crippen LogP contribution in [0.4, 0.5) is 9.59 Å². The lowest BCUT2D eigenvalue weighted by atomic mass is 9.84. The van der Waals surface area contributed by atoms with Crippen LogP contribution in [0.5, 0.6) is 0 Å². The Bertz CT molecular complexity index is 1920. The molecule has 1 saturated heterocycles. The van der Waals surface area contributed by atoms with Crippen LogP contribution in [0.15, 0.2) is 69.8 Å². The third kappa shape index (κ3) is 15.5. The third-order valence-corrected chi connectivity index (χ3v) is 11.2. The second-order valence-corrected chi connectivity index (χ2v) is 18.1. The molecule has 14 nitrogen and oxygen atoms in total. The molecule has 4 rings (SSSR count). The summed E-state index contributed by atoms with van der Waals surface area (Å²) in [6, 6.07) is 8.55. The van der Waals surface area contributed by atoms with Gasteiger partial charge in [-0.25, -0.2) is 14.6 Å². The number of nitrogens with one attached hydrogen (secondary N) is 3. The summed E-state index contributed by atoms with van der Waals surface area (Å²) in [5.41, 5.74) is 2.06. The van der Waals surface area contributed by atoms with Crippen molar-refractivity contribution in [3.63, 3.8) is 0 Å². The molecule has 1 saturated carbocycles. The van der Waals surface area contributed by atoms with Crippen molar-refractivity contribution in [3.05, 3.63) is 70.3 Å². The Morgan fingerprint density at radius 2 is 1.58 bits per heavy atom. The van der Waals surface area contributed by atoms with E-state index in [0.29, 0.717) is 80.2 Å². The van der Waals surface area contributed by atoms with E-state index in [-0.39, 0.29) is 54.5 Å². The summed E-state index contributed by atoms with van der Waals surface area (Å²) in [4.78, 5) is 97.4. The number of benzene rings is 1. The van der Waals surface area contributed by atoms with Gasteiger partial charge in [0.25, 0.3) is 5.91 Å². The van der Waals surface area contributed by atoms with E-state index in [9.17, 15) is 33.6 Å². The predicted molar refractivity (Wildman–Crippen MR) is 237 cm³/mol. The monoisotopic (exact) mass is 857 g/mol. The van der Waals surface area contributed by atoms with Crippen molar-refractivity contribution in [1.29, 1.82) is 0 Å². The number of carbonyl (C=O) groups is 7. The van der Waals surface area contributed by atoms with Crippen LogP contribution in [-0.2, 0) is 39.9 Å². The molecule has 1 aliphatic heterocycles. The van der Waals surface area contributed by atoms with Gasteiger partial charge in [0.15, 0.2) is 11.6 Å². The van der Waals surface area contributed by atoms with Gasteiger partial charge < -0.3 is 30.3 Å². The number of alkyl carbamates (subject to hydrolysis) is 2. The molecular weight excluding hydrogens is 791 g/mol. The first-order chi connectivity index (χ1) is 29.3. The minimum absolute atomic E-state index is 0.0565. The quantitative estimate of drug-likeness (QED) is 0.0541. The average Bonchev–Trinajstić information content (AvgIpc) is 3.89. The van der Waals surface area contributed by atoms with E-state index in [0.717, 1.165) is 18.4 Å². The Balaban J connectivity index is 1.36. The highest BCUT2D eigenvalue weighted by Gasteiger charge is 2.37. The van der Waals surface area contributed by atoms with Gasteiger partial charge in [-0.15, -0.1) is 0 Å². The zero-order valence-electron chi connectivity index (χ0n) is 37.8. The van der Waals surface area contributed by atoms with Crippen molar-refractivity contribution in [2.75, 3.05) is 19.7 Å². The van der Waals surface area contributed by atoms with E-state index >= 15 is 0 Å². The number of ether oxygens (including phenoxy) is 2. The van der Waals surface area contributed by atoms with Crippen LogP contribution in [0.25, 0.3) is 0 Å². The second-order valence-electron chi connectivity index (χ2n) is 18.1. The smallest absolute Gasteiger partial charge is 0.408 e. The van der Waals surface area contributed by atoms with Crippen LogP contribution in [0, 0.1) is 17.8 Å². The molecule has 0 bridgehead atoms. The van der Waals surface area contributed by atoms with E-state index in [1.54, 1.807) is 46.4 Å². The summed E-state index contributed by atoms with van der Waals surface area (Å²) in [5.74, 6) is -2.38. The lowest BCUT2D eigenvalue weighted by molar-refractivity contribution is -0.139. The highest BCUT2D eigenvalue weighted by Crippen LogP contribution is 2.28. The Kier molecular flexibility index (Phi) is 18.4. The SMILES string of the molecule is CC1=C(C)C(=O)C(CCCOC(=O)NCCCC(/C=N/C(=O)[C@@H]2CCCN2C(=O)[C@H](/C=C/C(CC(C)C)NC(=O)OC(C)(C)C)Cc2ccccc2)C(=O)NC2CC2)=C(C)C1=O. The number of amides is 5. The van der Waals surface area contributed by atoms with Gasteiger partial charge in [0.2, 0.25) is 11.8 Å². The summed E-state index contributed by atoms with van der Waals surface area (Å²) in [6.45, 7) is 15.1. The van der Waals surface area contributed by atoms with Crippen molar-refractivity contribution in [3.8, 4) is 0 Å². The molecule has 338 valence electrons. The van der Waals surface area contributed by atoms with Gasteiger partial charge in [-0.3, -0.25) is 24.0 Å². The van der Waals surface area contributed by atoms with E-state index < -0.39 is 41.6 Å². The maximum atomic E-state index is 14.3. The standard InChI is InChI=1S/C48H67N5O9/c1-30(2)27-38(52-47(60)62-48(6,7)8)21-20-35(28-34-15-10-9-11-16-34)45(58)53-25-13-19-40(53)44(57)50-29-36(43(56)51-37-22-23-37)17-12-24-49-46(59)61-26-14-18-39-33(5)41(54)31(3)32(4)42(39)55/h9-11,15-16,20-21,29-30,35-38,40H,12-14,17-19,22-28H2,1-8H3,(H,49,59)(H,51,56)(H,52,60)/b21-20+,50-29+/t35-,36?,38?,40+/m1/s1. The number of aliphatic imine (C=N–C) groups is 1.